The van der Waals surface area contributed by atoms with Crippen molar-refractivity contribution in [2.45, 2.75) is 26.1 Å². The first-order chi connectivity index (χ1) is 7.91. The molecule has 0 saturated carbocycles. The van der Waals surface area contributed by atoms with Crippen molar-refractivity contribution in [3.8, 4) is 0 Å². The maximum Gasteiger partial charge on any atom is 0.248 e. The highest BCUT2D eigenvalue weighted by molar-refractivity contribution is 8.13. The SMILES string of the molecule is CC(=O)SCC(O)C(O)c1c[nH]c(=O)cc1C. The van der Waals surface area contributed by atoms with Gasteiger partial charge >= 0.3 is 0 Å². The molecule has 0 spiro atoms. The Morgan fingerprint density at radius 2 is 2.18 bits per heavy atom. The summed E-state index contributed by atoms with van der Waals surface area (Å²) in [6.07, 6.45) is -0.781. The van der Waals surface area contributed by atoms with E-state index in [0.29, 0.717) is 11.1 Å². The van der Waals surface area contributed by atoms with Crippen molar-refractivity contribution in [2.75, 3.05) is 5.75 Å². The summed E-state index contributed by atoms with van der Waals surface area (Å²) in [6, 6.07) is 1.35. The van der Waals surface area contributed by atoms with Gasteiger partial charge in [-0.2, -0.15) is 0 Å². The maximum atomic E-state index is 11.0. The number of H-pyrrole nitrogens is 1. The molecular formula is C11H15NO4S. The molecule has 0 aromatic carbocycles. The maximum absolute atomic E-state index is 11.0. The van der Waals surface area contributed by atoms with Crippen LogP contribution in [0.25, 0.3) is 0 Å². The molecule has 3 N–H and O–H groups in total. The van der Waals surface area contributed by atoms with Crippen molar-refractivity contribution < 1.29 is 15.0 Å². The van der Waals surface area contributed by atoms with Crippen LogP contribution in [0.15, 0.2) is 17.1 Å². The van der Waals surface area contributed by atoms with Gasteiger partial charge < -0.3 is 15.2 Å². The van der Waals surface area contributed by atoms with Crippen LogP contribution in [0.1, 0.15) is 24.2 Å². The lowest BCUT2D eigenvalue weighted by Crippen LogP contribution is -2.23. The second-order valence-electron chi connectivity index (χ2n) is 3.75. The van der Waals surface area contributed by atoms with Crippen LogP contribution >= 0.6 is 11.8 Å². The monoisotopic (exact) mass is 257 g/mol. The number of rotatable bonds is 4. The van der Waals surface area contributed by atoms with Gasteiger partial charge in [-0.3, -0.25) is 9.59 Å². The molecule has 0 aliphatic rings. The fourth-order valence-electron chi connectivity index (χ4n) is 1.40. The average molecular weight is 257 g/mol. The molecule has 2 unspecified atom stereocenters. The van der Waals surface area contributed by atoms with Crippen molar-refractivity contribution in [3.63, 3.8) is 0 Å². The molecular weight excluding hydrogens is 242 g/mol. The number of aromatic amines is 1. The van der Waals surface area contributed by atoms with Gasteiger partial charge in [-0.1, -0.05) is 11.8 Å². The number of carbonyl (C=O) groups is 1. The summed E-state index contributed by atoms with van der Waals surface area (Å²) in [4.78, 5) is 24.2. The number of hydrogen-bond donors (Lipinski definition) is 3. The predicted octanol–water partition coefficient (Wildman–Crippen LogP) is 0.357. The molecule has 0 radical (unpaired) electrons. The lowest BCUT2D eigenvalue weighted by Gasteiger charge is -2.18. The first-order valence-corrected chi connectivity index (χ1v) is 6.09. The fourth-order valence-corrected chi connectivity index (χ4v) is 1.99. The summed E-state index contributed by atoms with van der Waals surface area (Å²) in [5.74, 6) is 0.120. The highest BCUT2D eigenvalue weighted by Crippen LogP contribution is 2.21. The smallest absolute Gasteiger partial charge is 0.248 e. The Labute approximate surface area is 103 Å². The second kappa shape index (κ2) is 6.00. The van der Waals surface area contributed by atoms with E-state index in [1.54, 1.807) is 6.92 Å². The van der Waals surface area contributed by atoms with Gasteiger partial charge in [-0.15, -0.1) is 0 Å². The molecule has 0 aliphatic carbocycles. The van der Waals surface area contributed by atoms with E-state index >= 15 is 0 Å². The van der Waals surface area contributed by atoms with Crippen LogP contribution in [0.5, 0.6) is 0 Å². The van der Waals surface area contributed by atoms with Gasteiger partial charge in [-0.05, 0) is 12.5 Å². The minimum atomic E-state index is -1.11. The van der Waals surface area contributed by atoms with Crippen molar-refractivity contribution in [2.24, 2.45) is 0 Å². The molecule has 0 amide bonds. The summed E-state index contributed by atoms with van der Waals surface area (Å²) in [7, 11) is 0. The Hall–Kier alpha value is -1.11. The van der Waals surface area contributed by atoms with E-state index in [2.05, 4.69) is 4.98 Å². The molecule has 94 valence electrons. The second-order valence-corrected chi connectivity index (χ2v) is 4.95. The third-order valence-corrected chi connectivity index (χ3v) is 3.23. The Bertz CT molecular complexity index is 457. The lowest BCUT2D eigenvalue weighted by molar-refractivity contribution is -0.109. The highest BCUT2D eigenvalue weighted by atomic mass is 32.2. The largest absolute Gasteiger partial charge is 0.389 e. The number of aliphatic hydroxyl groups is 2. The van der Waals surface area contributed by atoms with Crippen molar-refractivity contribution in [1.29, 1.82) is 0 Å². The molecule has 0 bridgehead atoms. The Morgan fingerprint density at radius 1 is 1.53 bits per heavy atom. The first-order valence-electron chi connectivity index (χ1n) is 5.10. The Balaban J connectivity index is 2.77. The van der Waals surface area contributed by atoms with Crippen LogP contribution in [0, 0.1) is 6.92 Å². The van der Waals surface area contributed by atoms with Gasteiger partial charge in [0.25, 0.3) is 0 Å². The van der Waals surface area contributed by atoms with Gasteiger partial charge in [0, 0.05) is 30.5 Å². The zero-order chi connectivity index (χ0) is 13.0. The zero-order valence-electron chi connectivity index (χ0n) is 9.64. The number of pyridine rings is 1. The average Bonchev–Trinajstić information content (AvgIpc) is 2.25. The molecule has 1 heterocycles. The first kappa shape index (κ1) is 14.0. The van der Waals surface area contributed by atoms with Gasteiger partial charge in [0.15, 0.2) is 5.12 Å². The number of carbonyl (C=O) groups excluding carboxylic acids is 1. The van der Waals surface area contributed by atoms with Crippen molar-refractivity contribution in [1.82, 2.24) is 4.98 Å². The summed E-state index contributed by atoms with van der Waals surface area (Å²) < 4.78 is 0. The van der Waals surface area contributed by atoms with E-state index < -0.39 is 12.2 Å². The third kappa shape index (κ3) is 3.99. The Morgan fingerprint density at radius 3 is 2.71 bits per heavy atom. The molecule has 6 heteroatoms. The van der Waals surface area contributed by atoms with Gasteiger partial charge in [0.2, 0.25) is 5.56 Å². The van der Waals surface area contributed by atoms with Crippen LogP contribution in [0.3, 0.4) is 0 Å². The number of aryl methyl sites for hydroxylation is 1. The molecule has 0 fully saturated rings. The fraction of sp³-hybridized carbons (Fsp3) is 0.455. The van der Waals surface area contributed by atoms with Crippen LogP contribution in [0.4, 0.5) is 0 Å². The standard InChI is InChI=1S/C11H15NO4S/c1-6-3-10(15)12-4-8(6)11(16)9(14)5-17-7(2)13/h3-4,9,11,14,16H,5H2,1-2H3,(H,12,15). The van der Waals surface area contributed by atoms with Gasteiger partial charge in [-0.25, -0.2) is 0 Å². The van der Waals surface area contributed by atoms with Crippen molar-refractivity contribution in [3.05, 3.63) is 33.7 Å². The van der Waals surface area contributed by atoms with E-state index in [1.165, 1.54) is 19.2 Å². The summed E-state index contributed by atoms with van der Waals surface area (Å²) in [5, 5.41) is 19.5. The van der Waals surface area contributed by atoms with Crippen molar-refractivity contribution >= 4 is 16.9 Å². The molecule has 5 nitrogen and oxygen atoms in total. The van der Waals surface area contributed by atoms with Crippen LogP contribution in [0.2, 0.25) is 0 Å². The van der Waals surface area contributed by atoms with E-state index in [0.717, 1.165) is 11.8 Å². The van der Waals surface area contributed by atoms with Gasteiger partial charge in [0.05, 0.1) is 6.10 Å². The van der Waals surface area contributed by atoms with E-state index in [4.69, 9.17) is 0 Å². The van der Waals surface area contributed by atoms with E-state index in [1.807, 2.05) is 0 Å². The molecule has 0 aliphatic heterocycles. The normalized spacial score (nSPS) is 14.4. The Kier molecular flexibility index (Phi) is 4.92. The minimum absolute atomic E-state index is 0.116. The molecule has 1 aromatic heterocycles. The molecule has 2 atom stereocenters. The number of hydrogen-bond acceptors (Lipinski definition) is 5. The number of aliphatic hydroxyl groups excluding tert-OH is 2. The topological polar surface area (TPSA) is 90.4 Å². The molecule has 0 saturated heterocycles. The van der Waals surface area contributed by atoms with E-state index in [-0.39, 0.29) is 16.4 Å². The number of nitrogens with one attached hydrogen (secondary N) is 1. The zero-order valence-corrected chi connectivity index (χ0v) is 10.5. The molecule has 17 heavy (non-hydrogen) atoms. The lowest BCUT2D eigenvalue weighted by atomic mass is 10.0. The van der Waals surface area contributed by atoms with Gasteiger partial charge in [0.1, 0.15) is 6.10 Å². The number of aromatic nitrogens is 1. The van der Waals surface area contributed by atoms with E-state index in [9.17, 15) is 19.8 Å². The summed E-state index contributed by atoms with van der Waals surface area (Å²) in [6.45, 7) is 3.08. The summed E-state index contributed by atoms with van der Waals surface area (Å²) >= 11 is 0.951. The quantitative estimate of drug-likeness (QED) is 0.724. The molecule has 1 rings (SSSR count). The van der Waals surface area contributed by atoms with Crippen LogP contribution in [-0.2, 0) is 4.79 Å². The van der Waals surface area contributed by atoms with Crippen LogP contribution in [-0.4, -0.2) is 32.2 Å². The predicted molar refractivity (Wildman–Crippen MR) is 65.9 cm³/mol. The van der Waals surface area contributed by atoms with Crippen LogP contribution < -0.4 is 5.56 Å². The molecule has 1 aromatic rings. The number of thioether (sulfide) groups is 1. The third-order valence-electron chi connectivity index (χ3n) is 2.31. The minimum Gasteiger partial charge on any atom is -0.389 e. The highest BCUT2D eigenvalue weighted by Gasteiger charge is 2.20. The summed E-state index contributed by atoms with van der Waals surface area (Å²) in [5.41, 5.74) is 0.806.